The normalized spacial score (nSPS) is 14.2. The van der Waals surface area contributed by atoms with Gasteiger partial charge in [-0.25, -0.2) is 0 Å². The SMILES string of the molecule is CC(C)C[C@@H](NC(=O)COC(C)(C)C)C(=O)C(C)(C)C. The van der Waals surface area contributed by atoms with Gasteiger partial charge in [0.1, 0.15) is 6.61 Å². The molecule has 0 bridgehead atoms. The lowest BCUT2D eigenvalue weighted by molar-refractivity contribution is -0.136. The number of hydrogen-bond acceptors (Lipinski definition) is 3. The Hall–Kier alpha value is -0.900. The Balaban J connectivity index is 4.66. The summed E-state index contributed by atoms with van der Waals surface area (Å²) in [6.45, 7) is 15.4. The number of Topliss-reactive ketones (excluding diaryl/α,β-unsaturated/α-hetero) is 1. The maximum absolute atomic E-state index is 12.4. The fraction of sp³-hybridized carbons (Fsp3) is 0.875. The van der Waals surface area contributed by atoms with E-state index in [1.807, 2.05) is 55.4 Å². The lowest BCUT2D eigenvalue weighted by atomic mass is 9.83. The van der Waals surface area contributed by atoms with E-state index < -0.39 is 11.5 Å². The summed E-state index contributed by atoms with van der Waals surface area (Å²) in [6, 6.07) is -0.439. The predicted molar refractivity (Wildman–Crippen MR) is 81.6 cm³/mol. The number of ketones is 1. The number of hydrogen-bond donors (Lipinski definition) is 1. The van der Waals surface area contributed by atoms with Crippen LogP contribution >= 0.6 is 0 Å². The fourth-order valence-electron chi connectivity index (χ4n) is 1.74. The van der Waals surface area contributed by atoms with Crippen molar-refractivity contribution in [2.45, 2.75) is 73.5 Å². The van der Waals surface area contributed by atoms with Crippen molar-refractivity contribution in [3.63, 3.8) is 0 Å². The van der Waals surface area contributed by atoms with Gasteiger partial charge in [0.15, 0.2) is 5.78 Å². The molecule has 0 saturated carbocycles. The van der Waals surface area contributed by atoms with Crippen LogP contribution in [0.25, 0.3) is 0 Å². The van der Waals surface area contributed by atoms with E-state index in [0.29, 0.717) is 12.3 Å². The standard InChI is InChI=1S/C16H31NO3/c1-11(2)9-12(14(19)15(3,4)5)17-13(18)10-20-16(6,7)8/h11-12H,9-10H2,1-8H3,(H,17,18)/t12-/m1/s1. The zero-order valence-electron chi connectivity index (χ0n) is 14.3. The number of carbonyl (C=O) groups excluding carboxylic acids is 2. The molecule has 1 amide bonds. The molecule has 1 N–H and O–H groups in total. The van der Waals surface area contributed by atoms with Gasteiger partial charge < -0.3 is 10.1 Å². The summed E-state index contributed by atoms with van der Waals surface area (Å²) in [5, 5.41) is 2.81. The summed E-state index contributed by atoms with van der Waals surface area (Å²) < 4.78 is 5.44. The van der Waals surface area contributed by atoms with Crippen molar-refractivity contribution in [2.75, 3.05) is 6.61 Å². The summed E-state index contributed by atoms with van der Waals surface area (Å²) >= 11 is 0. The number of rotatable bonds is 6. The maximum atomic E-state index is 12.4. The molecule has 0 aliphatic rings. The zero-order valence-corrected chi connectivity index (χ0v) is 14.3. The lowest BCUT2D eigenvalue weighted by Crippen LogP contribution is -2.47. The Bertz CT molecular complexity index is 335. The van der Waals surface area contributed by atoms with Gasteiger partial charge in [-0.1, -0.05) is 34.6 Å². The van der Waals surface area contributed by atoms with Crippen molar-refractivity contribution in [1.29, 1.82) is 0 Å². The van der Waals surface area contributed by atoms with Gasteiger partial charge in [0.05, 0.1) is 11.6 Å². The summed E-state index contributed by atoms with van der Waals surface area (Å²) in [5.41, 5.74) is -0.823. The molecule has 1 atom stereocenters. The molecule has 4 nitrogen and oxygen atoms in total. The summed E-state index contributed by atoms with van der Waals surface area (Å²) in [7, 11) is 0. The zero-order chi connectivity index (χ0) is 16.1. The third-order valence-electron chi connectivity index (χ3n) is 2.73. The Labute approximate surface area is 123 Å². The second-order valence-corrected chi connectivity index (χ2v) is 7.76. The van der Waals surface area contributed by atoms with Gasteiger partial charge in [-0.3, -0.25) is 9.59 Å². The number of nitrogens with one attached hydrogen (secondary N) is 1. The molecule has 0 aliphatic heterocycles. The first-order chi connectivity index (χ1) is 8.83. The fourth-order valence-corrected chi connectivity index (χ4v) is 1.74. The van der Waals surface area contributed by atoms with Crippen LogP contribution < -0.4 is 5.32 Å². The second-order valence-electron chi connectivity index (χ2n) is 7.76. The molecule has 0 unspecified atom stereocenters. The second kappa shape index (κ2) is 7.21. The molecule has 20 heavy (non-hydrogen) atoms. The van der Waals surface area contributed by atoms with Gasteiger partial charge in [0.2, 0.25) is 5.91 Å². The van der Waals surface area contributed by atoms with Crippen molar-refractivity contribution in [3.8, 4) is 0 Å². The molecule has 0 heterocycles. The highest BCUT2D eigenvalue weighted by molar-refractivity contribution is 5.92. The van der Waals surface area contributed by atoms with Gasteiger partial charge >= 0.3 is 0 Å². The van der Waals surface area contributed by atoms with Gasteiger partial charge in [-0.2, -0.15) is 0 Å². The van der Waals surface area contributed by atoms with Crippen LogP contribution in [0, 0.1) is 11.3 Å². The minimum absolute atomic E-state index is 0.0183. The Morgan fingerprint density at radius 2 is 1.55 bits per heavy atom. The van der Waals surface area contributed by atoms with Crippen molar-refractivity contribution in [2.24, 2.45) is 11.3 Å². The van der Waals surface area contributed by atoms with Gasteiger partial charge in [0, 0.05) is 5.41 Å². The number of ether oxygens (including phenoxy) is 1. The minimum Gasteiger partial charge on any atom is -0.366 e. The van der Waals surface area contributed by atoms with E-state index in [-0.39, 0.29) is 23.9 Å². The summed E-state index contributed by atoms with van der Waals surface area (Å²) in [4.78, 5) is 24.3. The highest BCUT2D eigenvalue weighted by Crippen LogP contribution is 2.20. The molecule has 0 rings (SSSR count). The van der Waals surface area contributed by atoms with E-state index in [2.05, 4.69) is 5.32 Å². The van der Waals surface area contributed by atoms with Gasteiger partial charge in [-0.15, -0.1) is 0 Å². The highest BCUT2D eigenvalue weighted by Gasteiger charge is 2.31. The quantitative estimate of drug-likeness (QED) is 0.816. The van der Waals surface area contributed by atoms with Crippen molar-refractivity contribution in [3.05, 3.63) is 0 Å². The third-order valence-corrected chi connectivity index (χ3v) is 2.73. The van der Waals surface area contributed by atoms with Crippen LogP contribution in [-0.4, -0.2) is 29.9 Å². The van der Waals surface area contributed by atoms with E-state index in [9.17, 15) is 9.59 Å². The van der Waals surface area contributed by atoms with E-state index >= 15 is 0 Å². The first kappa shape index (κ1) is 19.1. The molecular weight excluding hydrogens is 254 g/mol. The predicted octanol–water partition coefficient (Wildman–Crippen LogP) is 2.95. The smallest absolute Gasteiger partial charge is 0.246 e. The van der Waals surface area contributed by atoms with Crippen molar-refractivity contribution in [1.82, 2.24) is 5.32 Å². The maximum Gasteiger partial charge on any atom is 0.246 e. The summed E-state index contributed by atoms with van der Waals surface area (Å²) in [6.07, 6.45) is 0.650. The Morgan fingerprint density at radius 3 is 1.90 bits per heavy atom. The van der Waals surface area contributed by atoms with Crippen LogP contribution in [0.4, 0.5) is 0 Å². The molecule has 0 aromatic heterocycles. The van der Waals surface area contributed by atoms with Crippen LogP contribution in [0.3, 0.4) is 0 Å². The van der Waals surface area contributed by atoms with Crippen molar-refractivity contribution < 1.29 is 14.3 Å². The third kappa shape index (κ3) is 8.31. The highest BCUT2D eigenvalue weighted by atomic mass is 16.5. The Morgan fingerprint density at radius 1 is 1.05 bits per heavy atom. The van der Waals surface area contributed by atoms with Gasteiger partial charge in [0.25, 0.3) is 0 Å². The monoisotopic (exact) mass is 285 g/mol. The number of carbonyl (C=O) groups is 2. The topological polar surface area (TPSA) is 55.4 Å². The van der Waals surface area contributed by atoms with Crippen LogP contribution in [0.2, 0.25) is 0 Å². The summed E-state index contributed by atoms with van der Waals surface area (Å²) in [5.74, 6) is 0.175. The average molecular weight is 285 g/mol. The number of amides is 1. The van der Waals surface area contributed by atoms with E-state index in [1.165, 1.54) is 0 Å². The largest absolute Gasteiger partial charge is 0.366 e. The molecule has 118 valence electrons. The molecule has 0 saturated heterocycles. The molecule has 0 aromatic rings. The molecular formula is C16H31NO3. The molecule has 0 spiro atoms. The lowest BCUT2D eigenvalue weighted by Gasteiger charge is -2.27. The molecule has 0 aliphatic carbocycles. The van der Waals surface area contributed by atoms with E-state index in [1.54, 1.807) is 0 Å². The molecule has 0 aromatic carbocycles. The Kier molecular flexibility index (Phi) is 6.88. The molecule has 4 heteroatoms. The van der Waals surface area contributed by atoms with Crippen LogP contribution in [0.15, 0.2) is 0 Å². The van der Waals surface area contributed by atoms with Crippen molar-refractivity contribution >= 4 is 11.7 Å². The van der Waals surface area contributed by atoms with E-state index in [4.69, 9.17) is 4.74 Å². The first-order valence-electron chi connectivity index (χ1n) is 7.30. The van der Waals surface area contributed by atoms with Crippen LogP contribution in [0.1, 0.15) is 61.8 Å². The average Bonchev–Trinajstić information content (AvgIpc) is 2.21. The van der Waals surface area contributed by atoms with Gasteiger partial charge in [-0.05, 0) is 33.1 Å². The first-order valence-corrected chi connectivity index (χ1v) is 7.30. The molecule has 0 radical (unpaired) electrons. The van der Waals surface area contributed by atoms with Crippen LogP contribution in [-0.2, 0) is 14.3 Å². The molecule has 0 fully saturated rings. The minimum atomic E-state index is -0.461. The van der Waals surface area contributed by atoms with Crippen LogP contribution in [0.5, 0.6) is 0 Å². The van der Waals surface area contributed by atoms with E-state index in [0.717, 1.165) is 0 Å².